The molecular formula is C41H33ClN6O6S. The maximum absolute atomic E-state index is 15.2. The minimum absolute atomic E-state index is 0.0752. The monoisotopic (exact) mass is 772 g/mol. The van der Waals surface area contributed by atoms with Gasteiger partial charge in [0, 0.05) is 40.7 Å². The SMILES string of the molecule is Cc1c(-c2cc(N3C(=O)[C@@H]4C[C@@H]5C(=CCn6c(=O)n(-c7ccccc7)c(=O)n65)[C@H](C5=COc6ccc(O)cc6C5)[C@]4(C)C3=O)n(C)n2)sc2ccc(Cl)cc12. The number of fused-ring (bicyclic) bond motifs is 6. The van der Waals surface area contributed by atoms with Crippen molar-refractivity contribution in [3.8, 4) is 27.8 Å². The number of carbonyl (C=O) groups excluding carboxylic acids is 2. The fourth-order valence-electron chi connectivity index (χ4n) is 9.34. The molecular weight excluding hydrogens is 740 g/mol. The van der Waals surface area contributed by atoms with Crippen LogP contribution in [-0.2, 0) is 29.6 Å². The predicted octanol–water partition coefficient (Wildman–Crippen LogP) is 6.30. The number of benzene rings is 3. The second-order valence-electron chi connectivity index (χ2n) is 14.9. The minimum atomic E-state index is -1.30. The van der Waals surface area contributed by atoms with Crippen LogP contribution in [0.2, 0.25) is 5.02 Å². The Morgan fingerprint density at radius 1 is 1.00 bits per heavy atom. The zero-order valence-corrected chi connectivity index (χ0v) is 31.5. The Bertz CT molecular complexity index is 2860. The molecule has 2 fully saturated rings. The number of carbonyl (C=O) groups is 2. The Balaban J connectivity index is 1.12. The highest BCUT2D eigenvalue weighted by molar-refractivity contribution is 7.22. The standard InChI is InChI=1S/C41H33ClN6O6S/c1-21-28-17-24(42)9-12-33(28)55-36(21)30-19-34(44(3)43-30)47-37(50)29-18-31-27(13-14-45-39(52)46(40(53)48(31)45)25-7-5-4-6-8-25)35(41(29,2)38(47)51)23-15-22-16-26(49)10-11-32(22)54-20-23/h4-13,16-17,19-20,29,31,35,49H,14-15,18H2,1-3H3/t29-,31+,35-,41+/m0/s1. The van der Waals surface area contributed by atoms with E-state index in [0.717, 1.165) is 41.8 Å². The first-order valence-corrected chi connectivity index (χ1v) is 19.1. The highest BCUT2D eigenvalue weighted by Gasteiger charge is 2.66. The molecule has 6 aromatic rings. The maximum Gasteiger partial charge on any atom is 0.352 e. The van der Waals surface area contributed by atoms with Gasteiger partial charge in [0.05, 0.1) is 40.7 Å². The van der Waals surface area contributed by atoms with Gasteiger partial charge >= 0.3 is 11.4 Å². The molecule has 3 aliphatic heterocycles. The van der Waals surface area contributed by atoms with Crippen molar-refractivity contribution in [2.75, 3.05) is 4.90 Å². The fourth-order valence-corrected chi connectivity index (χ4v) is 10.7. The summed E-state index contributed by atoms with van der Waals surface area (Å²) < 4.78 is 12.7. The van der Waals surface area contributed by atoms with Crippen LogP contribution in [0.15, 0.2) is 106 Å². The Labute approximate surface area is 322 Å². The fraction of sp³-hybridized carbons (Fsp3) is 0.244. The van der Waals surface area contributed by atoms with E-state index >= 15 is 4.79 Å². The summed E-state index contributed by atoms with van der Waals surface area (Å²) in [5.41, 5.74) is 1.96. The summed E-state index contributed by atoms with van der Waals surface area (Å²) in [7, 11) is 1.72. The first kappa shape index (κ1) is 33.6. The molecule has 14 heteroatoms. The van der Waals surface area contributed by atoms with E-state index in [-0.39, 0.29) is 24.6 Å². The van der Waals surface area contributed by atoms with Crippen molar-refractivity contribution in [2.45, 2.75) is 39.3 Å². The van der Waals surface area contributed by atoms with Crippen molar-refractivity contribution >= 4 is 50.7 Å². The van der Waals surface area contributed by atoms with E-state index < -0.39 is 40.6 Å². The predicted molar refractivity (Wildman–Crippen MR) is 208 cm³/mol. The first-order valence-electron chi connectivity index (χ1n) is 17.9. The second-order valence-corrected chi connectivity index (χ2v) is 16.3. The van der Waals surface area contributed by atoms with Crippen LogP contribution in [0, 0.1) is 24.2 Å². The zero-order valence-electron chi connectivity index (χ0n) is 29.9. The maximum atomic E-state index is 15.2. The molecule has 4 atom stereocenters. The summed E-state index contributed by atoms with van der Waals surface area (Å²) in [6, 6.07) is 20.4. The average molecular weight is 773 g/mol. The van der Waals surface area contributed by atoms with Crippen LogP contribution in [-0.4, -0.2) is 40.6 Å². The van der Waals surface area contributed by atoms with Gasteiger partial charge in [0.15, 0.2) is 0 Å². The molecule has 0 radical (unpaired) electrons. The van der Waals surface area contributed by atoms with Gasteiger partial charge in [-0.1, -0.05) is 35.9 Å². The molecule has 0 unspecified atom stereocenters. The highest BCUT2D eigenvalue weighted by atomic mass is 35.5. The van der Waals surface area contributed by atoms with Crippen molar-refractivity contribution in [3.63, 3.8) is 0 Å². The van der Waals surface area contributed by atoms with Gasteiger partial charge in [0.1, 0.15) is 23.0 Å². The molecule has 10 rings (SSSR count). The largest absolute Gasteiger partial charge is 0.508 e. The van der Waals surface area contributed by atoms with E-state index in [0.29, 0.717) is 34.4 Å². The third-order valence-corrected chi connectivity index (χ3v) is 13.4. The molecule has 55 heavy (non-hydrogen) atoms. The Hall–Kier alpha value is -5.92. The number of halogens is 1. The number of ether oxygens (including phenoxy) is 1. The number of aromatic nitrogens is 5. The van der Waals surface area contributed by atoms with Gasteiger partial charge in [-0.2, -0.15) is 5.10 Å². The van der Waals surface area contributed by atoms with E-state index in [9.17, 15) is 19.5 Å². The quantitative estimate of drug-likeness (QED) is 0.164. The van der Waals surface area contributed by atoms with Crippen molar-refractivity contribution in [1.82, 2.24) is 23.7 Å². The summed E-state index contributed by atoms with van der Waals surface area (Å²) in [6.45, 7) is 3.93. The number of aryl methyl sites for hydroxylation is 2. The molecule has 6 heterocycles. The molecule has 1 N–H and O–H groups in total. The van der Waals surface area contributed by atoms with Crippen LogP contribution in [0.25, 0.3) is 26.3 Å². The van der Waals surface area contributed by atoms with E-state index in [2.05, 4.69) is 0 Å². The molecule has 1 saturated carbocycles. The Morgan fingerprint density at radius 3 is 2.60 bits per heavy atom. The number of thiophene rings is 1. The lowest BCUT2D eigenvalue weighted by atomic mass is 9.56. The third kappa shape index (κ3) is 4.66. The number of hydrogen-bond donors (Lipinski definition) is 1. The van der Waals surface area contributed by atoms with Gasteiger partial charge in [-0.25, -0.2) is 28.4 Å². The summed E-state index contributed by atoms with van der Waals surface area (Å²) in [5.74, 6) is -1.37. The van der Waals surface area contributed by atoms with Crippen LogP contribution in [0.5, 0.6) is 11.5 Å². The number of imide groups is 1. The smallest absolute Gasteiger partial charge is 0.352 e. The lowest BCUT2D eigenvalue weighted by molar-refractivity contribution is -0.130. The van der Waals surface area contributed by atoms with Gasteiger partial charge in [0.25, 0.3) is 0 Å². The van der Waals surface area contributed by atoms with Gasteiger partial charge in [0.2, 0.25) is 11.8 Å². The number of rotatable bonds is 4. The first-order chi connectivity index (χ1) is 26.4. The molecule has 0 bridgehead atoms. The van der Waals surface area contributed by atoms with Crippen molar-refractivity contribution in [2.24, 2.45) is 24.3 Å². The van der Waals surface area contributed by atoms with E-state index in [1.54, 1.807) is 77.9 Å². The van der Waals surface area contributed by atoms with Crippen LogP contribution in [0.4, 0.5) is 5.82 Å². The summed E-state index contributed by atoms with van der Waals surface area (Å²) in [6.07, 6.45) is 4.00. The highest BCUT2D eigenvalue weighted by Crippen LogP contribution is 2.60. The van der Waals surface area contributed by atoms with Gasteiger partial charge < -0.3 is 9.84 Å². The van der Waals surface area contributed by atoms with E-state index in [1.165, 1.54) is 14.3 Å². The molecule has 4 aliphatic rings. The Kier molecular flexibility index (Phi) is 7.21. The van der Waals surface area contributed by atoms with Gasteiger partial charge in [-0.05, 0) is 90.9 Å². The van der Waals surface area contributed by atoms with Crippen molar-refractivity contribution in [3.05, 3.63) is 133 Å². The number of amides is 2. The third-order valence-electron chi connectivity index (χ3n) is 11.9. The number of aromatic hydroxyl groups is 1. The number of phenolic OH excluding ortho intramolecular Hbond substituents is 1. The molecule has 276 valence electrons. The number of nitrogens with zero attached hydrogens (tertiary/aromatic N) is 6. The lowest BCUT2D eigenvalue weighted by Crippen LogP contribution is -2.51. The lowest BCUT2D eigenvalue weighted by Gasteiger charge is -2.48. The molecule has 1 aliphatic carbocycles. The number of allylic oxidation sites excluding steroid dienone is 3. The number of hydrogen-bond acceptors (Lipinski definition) is 8. The summed E-state index contributed by atoms with van der Waals surface area (Å²) >= 11 is 7.89. The molecule has 0 spiro atoms. The van der Waals surface area contributed by atoms with Crippen molar-refractivity contribution in [1.29, 1.82) is 0 Å². The minimum Gasteiger partial charge on any atom is -0.508 e. The number of phenols is 1. The van der Waals surface area contributed by atoms with Crippen molar-refractivity contribution < 1.29 is 19.4 Å². The molecule has 1 saturated heterocycles. The Morgan fingerprint density at radius 2 is 1.80 bits per heavy atom. The molecule has 12 nitrogen and oxygen atoms in total. The van der Waals surface area contributed by atoms with E-state index in [4.69, 9.17) is 21.4 Å². The normalized spacial score (nSPS) is 22.8. The molecule has 3 aromatic carbocycles. The topological polar surface area (TPSA) is 134 Å². The summed E-state index contributed by atoms with van der Waals surface area (Å²) in [4.78, 5) is 60.4. The van der Waals surface area contributed by atoms with Gasteiger partial charge in [-0.15, -0.1) is 11.3 Å². The molecule has 2 amide bonds. The van der Waals surface area contributed by atoms with Gasteiger partial charge in [-0.3, -0.25) is 14.3 Å². The van der Waals surface area contributed by atoms with Crippen LogP contribution >= 0.6 is 22.9 Å². The number of para-hydroxylation sites is 1. The van der Waals surface area contributed by atoms with E-state index in [1.807, 2.05) is 44.2 Å². The van der Waals surface area contributed by atoms with Crippen LogP contribution in [0.3, 0.4) is 0 Å². The van der Waals surface area contributed by atoms with Crippen LogP contribution in [0.1, 0.15) is 30.5 Å². The second kappa shape index (κ2) is 11.8. The average Bonchev–Trinajstić information content (AvgIpc) is 3.84. The number of anilines is 1. The molecule has 3 aromatic heterocycles. The van der Waals surface area contributed by atoms with Crippen LogP contribution < -0.4 is 21.0 Å². The zero-order chi connectivity index (χ0) is 38.1. The summed E-state index contributed by atoms with van der Waals surface area (Å²) in [5, 5.41) is 16.8.